The van der Waals surface area contributed by atoms with Gasteiger partial charge in [-0.25, -0.2) is 14.4 Å². The zero-order chi connectivity index (χ0) is 11.4. The molecule has 0 radical (unpaired) electrons. The maximum atomic E-state index is 12.9. The monoisotopic (exact) mass is 237 g/mol. The predicted molar refractivity (Wildman–Crippen MR) is 60.8 cm³/mol. The van der Waals surface area contributed by atoms with E-state index in [2.05, 4.69) is 15.3 Å². The van der Waals surface area contributed by atoms with Gasteiger partial charge in [-0.15, -0.1) is 0 Å². The maximum Gasteiger partial charge on any atom is 0.171 e. The number of halogens is 2. The Bertz CT molecular complexity index is 490. The maximum absolute atomic E-state index is 12.9. The lowest BCUT2D eigenvalue weighted by molar-refractivity contribution is 0.626. The summed E-state index contributed by atoms with van der Waals surface area (Å²) in [4.78, 5) is 7.89. The van der Waals surface area contributed by atoms with Gasteiger partial charge in [0.15, 0.2) is 11.0 Å². The van der Waals surface area contributed by atoms with E-state index in [1.807, 2.05) is 6.07 Å². The number of anilines is 1. The first kappa shape index (κ1) is 10.8. The molecular weight excluding hydrogens is 229 g/mol. The highest BCUT2D eigenvalue weighted by Gasteiger charge is 2.01. The fraction of sp³-hybridized carbons (Fsp3) is 0.0909. The van der Waals surface area contributed by atoms with Crippen LogP contribution in [-0.2, 0) is 6.54 Å². The van der Waals surface area contributed by atoms with E-state index in [1.54, 1.807) is 12.3 Å². The topological polar surface area (TPSA) is 37.8 Å². The second kappa shape index (κ2) is 4.90. The highest BCUT2D eigenvalue weighted by molar-refractivity contribution is 6.31. The van der Waals surface area contributed by atoms with E-state index in [0.29, 0.717) is 17.5 Å². The number of aromatic nitrogens is 2. The molecule has 0 saturated heterocycles. The van der Waals surface area contributed by atoms with Crippen LogP contribution in [0.4, 0.5) is 10.2 Å². The van der Waals surface area contributed by atoms with Crippen molar-refractivity contribution in [3.05, 3.63) is 53.2 Å². The molecule has 0 aliphatic heterocycles. The van der Waals surface area contributed by atoms with Gasteiger partial charge >= 0.3 is 0 Å². The second-order valence-corrected chi connectivity index (χ2v) is 3.54. The molecule has 0 saturated carbocycles. The SMILES string of the molecule is Fc1cccc(CNc2nccnc2Cl)c1. The molecule has 0 amide bonds. The van der Waals surface area contributed by atoms with Crippen molar-refractivity contribution < 1.29 is 4.39 Å². The standard InChI is InChI=1S/C11H9ClFN3/c12-10-11(15-5-4-14-10)16-7-8-2-1-3-9(13)6-8/h1-6H,7H2,(H,15,16). The van der Waals surface area contributed by atoms with Crippen molar-refractivity contribution in [1.82, 2.24) is 9.97 Å². The van der Waals surface area contributed by atoms with Crippen molar-refractivity contribution in [3.63, 3.8) is 0 Å². The highest BCUT2D eigenvalue weighted by atomic mass is 35.5. The van der Waals surface area contributed by atoms with Crippen LogP contribution in [0, 0.1) is 5.82 Å². The summed E-state index contributed by atoms with van der Waals surface area (Å²) in [5.74, 6) is 0.234. The highest BCUT2D eigenvalue weighted by Crippen LogP contribution is 2.15. The van der Waals surface area contributed by atoms with Gasteiger partial charge in [0.05, 0.1) is 0 Å². The van der Waals surface area contributed by atoms with Gasteiger partial charge in [0.25, 0.3) is 0 Å². The lowest BCUT2D eigenvalue weighted by Gasteiger charge is -2.06. The third-order valence-corrected chi connectivity index (χ3v) is 2.28. The average Bonchev–Trinajstić information content (AvgIpc) is 2.28. The van der Waals surface area contributed by atoms with Gasteiger partial charge in [-0.2, -0.15) is 0 Å². The minimum Gasteiger partial charge on any atom is -0.363 e. The van der Waals surface area contributed by atoms with E-state index in [9.17, 15) is 4.39 Å². The molecule has 0 fully saturated rings. The molecule has 3 nitrogen and oxygen atoms in total. The molecule has 82 valence electrons. The molecule has 0 atom stereocenters. The zero-order valence-corrected chi connectivity index (χ0v) is 9.08. The molecule has 0 aliphatic rings. The number of hydrogen-bond donors (Lipinski definition) is 1. The van der Waals surface area contributed by atoms with Crippen molar-refractivity contribution in [2.24, 2.45) is 0 Å². The number of benzene rings is 1. The Morgan fingerprint density at radius 2 is 2.06 bits per heavy atom. The fourth-order valence-corrected chi connectivity index (χ4v) is 1.44. The first-order chi connectivity index (χ1) is 7.75. The van der Waals surface area contributed by atoms with Crippen molar-refractivity contribution in [2.45, 2.75) is 6.54 Å². The number of rotatable bonds is 3. The van der Waals surface area contributed by atoms with Crippen molar-refractivity contribution >= 4 is 17.4 Å². The summed E-state index contributed by atoms with van der Waals surface area (Å²) in [5.41, 5.74) is 0.821. The van der Waals surface area contributed by atoms with Crippen LogP contribution in [0.3, 0.4) is 0 Å². The van der Waals surface area contributed by atoms with Crippen molar-refractivity contribution in [3.8, 4) is 0 Å². The molecule has 0 bridgehead atoms. The molecule has 1 heterocycles. The van der Waals surface area contributed by atoms with Gasteiger partial charge in [-0.1, -0.05) is 23.7 Å². The molecule has 0 spiro atoms. The minimum absolute atomic E-state index is 0.260. The summed E-state index contributed by atoms with van der Waals surface area (Å²) in [5, 5.41) is 3.29. The van der Waals surface area contributed by atoms with Crippen LogP contribution < -0.4 is 5.32 Å². The molecule has 1 N–H and O–H groups in total. The third kappa shape index (κ3) is 2.67. The second-order valence-electron chi connectivity index (χ2n) is 3.18. The van der Waals surface area contributed by atoms with E-state index in [0.717, 1.165) is 5.56 Å². The molecule has 16 heavy (non-hydrogen) atoms. The molecule has 2 aromatic rings. The Morgan fingerprint density at radius 3 is 2.81 bits per heavy atom. The normalized spacial score (nSPS) is 10.1. The molecule has 5 heteroatoms. The molecule has 2 rings (SSSR count). The Labute approximate surface area is 97.3 Å². The molecular formula is C11H9ClFN3. The average molecular weight is 238 g/mol. The van der Waals surface area contributed by atoms with Crippen LogP contribution in [0.1, 0.15) is 5.56 Å². The summed E-state index contributed by atoms with van der Waals surface area (Å²) in [6, 6.07) is 6.33. The van der Waals surface area contributed by atoms with E-state index in [1.165, 1.54) is 18.3 Å². The summed E-state index contributed by atoms with van der Waals surface area (Å²) in [6.45, 7) is 0.455. The van der Waals surface area contributed by atoms with Gasteiger partial charge in [0.2, 0.25) is 0 Å². The summed E-state index contributed by atoms with van der Waals surface area (Å²) >= 11 is 5.81. The largest absolute Gasteiger partial charge is 0.363 e. The first-order valence-electron chi connectivity index (χ1n) is 4.70. The fourth-order valence-electron chi connectivity index (χ4n) is 1.27. The van der Waals surface area contributed by atoms with Crippen molar-refractivity contribution in [2.75, 3.05) is 5.32 Å². The van der Waals surface area contributed by atoms with E-state index < -0.39 is 0 Å². The van der Waals surface area contributed by atoms with Crippen LogP contribution in [-0.4, -0.2) is 9.97 Å². The van der Waals surface area contributed by atoms with Crippen LogP contribution in [0.5, 0.6) is 0 Å². The molecule has 1 aromatic heterocycles. The van der Waals surface area contributed by atoms with Gasteiger partial charge < -0.3 is 5.32 Å². The van der Waals surface area contributed by atoms with E-state index in [4.69, 9.17) is 11.6 Å². The predicted octanol–water partition coefficient (Wildman–Crippen LogP) is 2.88. The number of nitrogens with zero attached hydrogens (tertiary/aromatic N) is 2. The quantitative estimate of drug-likeness (QED) is 0.892. The zero-order valence-electron chi connectivity index (χ0n) is 8.32. The molecule has 0 unspecified atom stereocenters. The Kier molecular flexibility index (Phi) is 3.31. The van der Waals surface area contributed by atoms with E-state index in [-0.39, 0.29) is 5.82 Å². The van der Waals surface area contributed by atoms with E-state index >= 15 is 0 Å². The Morgan fingerprint density at radius 1 is 1.25 bits per heavy atom. The van der Waals surface area contributed by atoms with Crippen LogP contribution in [0.15, 0.2) is 36.7 Å². The Hall–Kier alpha value is -1.68. The molecule has 0 aliphatic carbocycles. The van der Waals surface area contributed by atoms with Crippen LogP contribution in [0.2, 0.25) is 5.15 Å². The lowest BCUT2D eigenvalue weighted by Crippen LogP contribution is -2.02. The van der Waals surface area contributed by atoms with Crippen LogP contribution >= 0.6 is 11.6 Å². The van der Waals surface area contributed by atoms with Gasteiger partial charge in [0, 0.05) is 18.9 Å². The Balaban J connectivity index is 2.05. The van der Waals surface area contributed by atoms with Gasteiger partial charge in [0.1, 0.15) is 5.82 Å². The van der Waals surface area contributed by atoms with Gasteiger partial charge in [-0.3, -0.25) is 0 Å². The minimum atomic E-state index is -0.260. The smallest absolute Gasteiger partial charge is 0.171 e. The first-order valence-corrected chi connectivity index (χ1v) is 5.08. The molecule has 1 aromatic carbocycles. The van der Waals surface area contributed by atoms with Crippen LogP contribution in [0.25, 0.3) is 0 Å². The third-order valence-electron chi connectivity index (χ3n) is 2.00. The van der Waals surface area contributed by atoms with Crippen molar-refractivity contribution in [1.29, 1.82) is 0 Å². The lowest BCUT2D eigenvalue weighted by atomic mass is 10.2. The summed E-state index contributed by atoms with van der Waals surface area (Å²) in [7, 11) is 0. The summed E-state index contributed by atoms with van der Waals surface area (Å²) in [6.07, 6.45) is 3.05. The summed E-state index contributed by atoms with van der Waals surface area (Å²) < 4.78 is 12.9. The number of hydrogen-bond acceptors (Lipinski definition) is 3. The van der Waals surface area contributed by atoms with Gasteiger partial charge in [-0.05, 0) is 17.7 Å². The number of nitrogens with one attached hydrogen (secondary N) is 1.